The van der Waals surface area contributed by atoms with Gasteiger partial charge in [-0.1, -0.05) is 66.7 Å². The Kier molecular flexibility index (Phi) is 7.26. The molecule has 0 spiro atoms. The van der Waals surface area contributed by atoms with Crippen molar-refractivity contribution in [3.63, 3.8) is 0 Å². The molecule has 9 heteroatoms. The van der Waals surface area contributed by atoms with Crippen LogP contribution in [0, 0.1) is 0 Å². The van der Waals surface area contributed by atoms with E-state index in [0.29, 0.717) is 11.5 Å². The number of imidazole rings is 1. The lowest BCUT2D eigenvalue weighted by molar-refractivity contribution is 0.180. The second kappa shape index (κ2) is 11.3. The molecular weight excluding hydrogens is 514 g/mol. The van der Waals surface area contributed by atoms with Crippen LogP contribution in [0.1, 0.15) is 24.4 Å². The summed E-state index contributed by atoms with van der Waals surface area (Å²) in [6, 6.07) is 27.9. The number of likely N-dealkylation sites (tertiary alicyclic amines) is 1. The van der Waals surface area contributed by atoms with Gasteiger partial charge >= 0.3 is 11.7 Å². The molecule has 0 bridgehead atoms. The number of amides is 2. The SMILES string of the molecule is CNC(=O)Nc1nc(-c2ccc(CN3CCC(n4c(=O)[nH]c5ccccc54)CC3)cc2)c(-c2ccccc2)cc1N. The predicted octanol–water partition coefficient (Wildman–Crippen LogP) is 5.23. The minimum Gasteiger partial charge on any atom is -0.396 e. The smallest absolute Gasteiger partial charge is 0.326 e. The molecule has 6 rings (SSSR count). The Bertz CT molecular complexity index is 1730. The monoisotopic (exact) mass is 547 g/mol. The van der Waals surface area contributed by atoms with Crippen molar-refractivity contribution in [2.75, 3.05) is 31.2 Å². The maximum atomic E-state index is 12.6. The summed E-state index contributed by atoms with van der Waals surface area (Å²) in [5, 5.41) is 5.27. The van der Waals surface area contributed by atoms with Crippen LogP contribution in [0.3, 0.4) is 0 Å². The van der Waals surface area contributed by atoms with E-state index in [4.69, 9.17) is 10.7 Å². The van der Waals surface area contributed by atoms with Gasteiger partial charge in [0.15, 0.2) is 5.82 Å². The number of anilines is 2. The second-order valence-electron chi connectivity index (χ2n) is 10.4. The molecule has 0 atom stereocenters. The number of carbonyl (C=O) groups excluding carboxylic acids is 1. The molecule has 2 amide bonds. The highest BCUT2D eigenvalue weighted by Gasteiger charge is 2.24. The number of nitrogens with one attached hydrogen (secondary N) is 3. The molecule has 0 aliphatic carbocycles. The van der Waals surface area contributed by atoms with E-state index in [1.54, 1.807) is 7.05 Å². The van der Waals surface area contributed by atoms with Crippen LogP contribution in [0.25, 0.3) is 33.4 Å². The number of hydrogen-bond acceptors (Lipinski definition) is 5. The highest BCUT2D eigenvalue weighted by Crippen LogP contribution is 2.35. The molecule has 0 radical (unpaired) electrons. The van der Waals surface area contributed by atoms with E-state index in [2.05, 4.69) is 44.8 Å². The Morgan fingerprint density at radius 2 is 1.68 bits per heavy atom. The zero-order valence-corrected chi connectivity index (χ0v) is 22.9. The molecule has 1 fully saturated rings. The first-order valence-electron chi connectivity index (χ1n) is 13.9. The van der Waals surface area contributed by atoms with Gasteiger partial charge in [-0.15, -0.1) is 0 Å². The Balaban J connectivity index is 1.19. The number of benzene rings is 3. The van der Waals surface area contributed by atoms with E-state index >= 15 is 0 Å². The number of pyridine rings is 1. The summed E-state index contributed by atoms with van der Waals surface area (Å²) < 4.78 is 1.93. The number of piperidine rings is 1. The largest absolute Gasteiger partial charge is 0.396 e. The van der Waals surface area contributed by atoms with Crippen LogP contribution in [-0.2, 0) is 6.54 Å². The van der Waals surface area contributed by atoms with Crippen molar-refractivity contribution in [2.45, 2.75) is 25.4 Å². The number of rotatable bonds is 6. The van der Waals surface area contributed by atoms with Crippen molar-refractivity contribution in [3.05, 3.63) is 101 Å². The maximum absolute atomic E-state index is 12.6. The third-order valence-electron chi connectivity index (χ3n) is 7.78. The van der Waals surface area contributed by atoms with Crippen LogP contribution in [0.15, 0.2) is 89.7 Å². The first-order valence-corrected chi connectivity index (χ1v) is 13.9. The van der Waals surface area contributed by atoms with Crippen LogP contribution < -0.4 is 22.1 Å². The van der Waals surface area contributed by atoms with Crippen molar-refractivity contribution in [1.29, 1.82) is 0 Å². The molecule has 2 aromatic heterocycles. The Hall–Kier alpha value is -4.89. The number of aromatic nitrogens is 3. The van der Waals surface area contributed by atoms with Gasteiger partial charge < -0.3 is 16.0 Å². The fourth-order valence-electron chi connectivity index (χ4n) is 5.66. The average molecular weight is 548 g/mol. The lowest BCUT2D eigenvalue weighted by Crippen LogP contribution is -2.36. The van der Waals surface area contributed by atoms with Crippen molar-refractivity contribution in [3.8, 4) is 22.4 Å². The summed E-state index contributed by atoms with van der Waals surface area (Å²) in [5.74, 6) is 0.320. The van der Waals surface area contributed by atoms with Crippen LogP contribution in [0.5, 0.6) is 0 Å². The minimum atomic E-state index is -0.378. The molecule has 3 aromatic carbocycles. The number of hydrogen-bond donors (Lipinski definition) is 4. The van der Waals surface area contributed by atoms with Gasteiger partial charge in [-0.25, -0.2) is 14.6 Å². The fraction of sp³-hybridized carbons (Fsp3) is 0.219. The molecule has 5 N–H and O–H groups in total. The number of nitrogens with zero attached hydrogens (tertiary/aromatic N) is 3. The number of fused-ring (bicyclic) bond motifs is 1. The van der Waals surface area contributed by atoms with Gasteiger partial charge in [0.2, 0.25) is 0 Å². The van der Waals surface area contributed by atoms with Crippen LogP contribution in [0.4, 0.5) is 16.3 Å². The summed E-state index contributed by atoms with van der Waals surface area (Å²) in [5.41, 5.74) is 13.3. The van der Waals surface area contributed by atoms with Crippen molar-refractivity contribution in [2.24, 2.45) is 0 Å². The molecule has 5 aromatic rings. The summed E-state index contributed by atoms with van der Waals surface area (Å²) in [4.78, 5) is 34.8. The number of nitrogens with two attached hydrogens (primary N) is 1. The normalized spacial score (nSPS) is 14.3. The van der Waals surface area contributed by atoms with Crippen LogP contribution >= 0.6 is 0 Å². The topological polar surface area (TPSA) is 121 Å². The Morgan fingerprint density at radius 1 is 0.976 bits per heavy atom. The summed E-state index contributed by atoms with van der Waals surface area (Å²) in [6.45, 7) is 2.68. The molecule has 1 aliphatic heterocycles. The van der Waals surface area contributed by atoms with E-state index in [1.165, 1.54) is 5.56 Å². The quantitative estimate of drug-likeness (QED) is 0.232. The summed E-state index contributed by atoms with van der Waals surface area (Å²) in [7, 11) is 1.55. The first-order chi connectivity index (χ1) is 20.0. The summed E-state index contributed by atoms with van der Waals surface area (Å²) in [6.07, 6.45) is 1.85. The molecule has 0 unspecified atom stereocenters. The number of nitrogen functional groups attached to an aromatic ring is 1. The standard InChI is InChI=1S/C32H33N7O2/c1-34-31(40)37-30-26(33)19-25(22-7-3-2-4-8-22)29(36-30)23-13-11-21(12-14-23)20-38-17-15-24(16-18-38)39-28-10-6-5-9-27(28)35-32(39)41/h2-14,19,24H,15-18,20,33H2,1H3,(H,35,41)(H2,34,36,37,40). The van der Waals surface area contributed by atoms with E-state index in [9.17, 15) is 9.59 Å². The molecule has 0 saturated carbocycles. The van der Waals surface area contributed by atoms with E-state index in [-0.39, 0.29) is 17.8 Å². The van der Waals surface area contributed by atoms with Gasteiger partial charge in [0, 0.05) is 43.9 Å². The fourth-order valence-corrected chi connectivity index (χ4v) is 5.66. The van der Waals surface area contributed by atoms with Gasteiger partial charge in [-0.2, -0.15) is 0 Å². The molecule has 9 nitrogen and oxygen atoms in total. The number of para-hydroxylation sites is 2. The zero-order valence-electron chi connectivity index (χ0n) is 22.9. The number of urea groups is 1. The van der Waals surface area contributed by atoms with Crippen molar-refractivity contribution in [1.82, 2.24) is 24.8 Å². The van der Waals surface area contributed by atoms with Gasteiger partial charge in [0.1, 0.15) is 0 Å². The number of carbonyl (C=O) groups is 1. The third kappa shape index (κ3) is 5.44. The van der Waals surface area contributed by atoms with Crippen LogP contribution in [-0.4, -0.2) is 45.6 Å². The lowest BCUT2D eigenvalue weighted by atomic mass is 9.97. The highest BCUT2D eigenvalue weighted by atomic mass is 16.2. The third-order valence-corrected chi connectivity index (χ3v) is 7.78. The van der Waals surface area contributed by atoms with Crippen LogP contribution in [0.2, 0.25) is 0 Å². The lowest BCUT2D eigenvalue weighted by Gasteiger charge is -2.32. The average Bonchev–Trinajstić information content (AvgIpc) is 3.35. The van der Waals surface area contributed by atoms with E-state index in [1.807, 2.05) is 65.2 Å². The molecule has 41 heavy (non-hydrogen) atoms. The van der Waals surface area contributed by atoms with Gasteiger partial charge in [0.05, 0.1) is 22.4 Å². The highest BCUT2D eigenvalue weighted by molar-refractivity contribution is 5.94. The van der Waals surface area contributed by atoms with Gasteiger partial charge in [0.25, 0.3) is 0 Å². The number of aromatic amines is 1. The molecule has 1 aliphatic rings. The number of H-pyrrole nitrogens is 1. The van der Waals surface area contributed by atoms with Crippen molar-refractivity contribution < 1.29 is 4.79 Å². The van der Waals surface area contributed by atoms with E-state index < -0.39 is 0 Å². The van der Waals surface area contributed by atoms with Crippen molar-refractivity contribution >= 4 is 28.6 Å². The van der Waals surface area contributed by atoms with Gasteiger partial charge in [-0.05, 0) is 42.2 Å². The molecule has 1 saturated heterocycles. The van der Waals surface area contributed by atoms with Gasteiger partial charge in [-0.3, -0.25) is 14.8 Å². The molecular formula is C32H33N7O2. The first kappa shape index (κ1) is 26.3. The van der Waals surface area contributed by atoms with E-state index in [0.717, 1.165) is 65.9 Å². The predicted molar refractivity (Wildman–Crippen MR) is 164 cm³/mol. The zero-order chi connectivity index (χ0) is 28.3. The maximum Gasteiger partial charge on any atom is 0.326 e. The molecule has 3 heterocycles. The summed E-state index contributed by atoms with van der Waals surface area (Å²) >= 11 is 0. The molecule has 208 valence electrons. The minimum absolute atomic E-state index is 0.0277. The Labute approximate surface area is 238 Å². The second-order valence-corrected chi connectivity index (χ2v) is 10.4. The Morgan fingerprint density at radius 3 is 2.41 bits per heavy atom.